The van der Waals surface area contributed by atoms with Gasteiger partial charge in [-0.05, 0) is 30.7 Å². The second kappa shape index (κ2) is 9.48. The molecule has 3 rings (SSSR count). The zero-order chi connectivity index (χ0) is 19.9. The Kier molecular flexibility index (Phi) is 6.79. The maximum Gasteiger partial charge on any atom is 0.337 e. The van der Waals surface area contributed by atoms with Gasteiger partial charge in [-0.2, -0.15) is 0 Å². The van der Waals surface area contributed by atoms with Crippen LogP contribution in [0.25, 0.3) is 10.6 Å². The van der Waals surface area contributed by atoms with Crippen molar-refractivity contribution in [1.82, 2.24) is 4.98 Å². The molecule has 6 heteroatoms. The molecule has 0 spiro atoms. The Morgan fingerprint density at radius 2 is 1.89 bits per heavy atom. The molecule has 1 N–H and O–H groups in total. The maximum absolute atomic E-state index is 11.6. The van der Waals surface area contributed by atoms with Crippen molar-refractivity contribution in [3.8, 4) is 10.6 Å². The third kappa shape index (κ3) is 4.97. The predicted molar refractivity (Wildman–Crippen MR) is 113 cm³/mol. The van der Waals surface area contributed by atoms with Gasteiger partial charge in [0.1, 0.15) is 5.01 Å². The lowest BCUT2D eigenvalue weighted by molar-refractivity contribution is 0.0600. The van der Waals surface area contributed by atoms with Crippen LogP contribution in [0.15, 0.2) is 60.0 Å². The van der Waals surface area contributed by atoms with Crippen LogP contribution in [-0.2, 0) is 11.3 Å². The van der Waals surface area contributed by atoms with Crippen LogP contribution in [0, 0.1) is 0 Å². The average Bonchev–Trinajstić information content (AvgIpc) is 3.22. The molecule has 146 valence electrons. The molecule has 0 fully saturated rings. The van der Waals surface area contributed by atoms with E-state index in [0.29, 0.717) is 25.1 Å². The van der Waals surface area contributed by atoms with Crippen LogP contribution < -0.4 is 4.90 Å². The van der Waals surface area contributed by atoms with Crippen LogP contribution in [0.4, 0.5) is 5.69 Å². The minimum atomic E-state index is -0.385. The van der Waals surface area contributed by atoms with E-state index in [2.05, 4.69) is 4.90 Å². The molecule has 1 heterocycles. The van der Waals surface area contributed by atoms with Gasteiger partial charge in [-0.25, -0.2) is 9.78 Å². The fraction of sp³-hybridized carbons (Fsp3) is 0.273. The molecule has 5 nitrogen and oxygen atoms in total. The van der Waals surface area contributed by atoms with Crippen LogP contribution >= 0.6 is 11.3 Å². The zero-order valence-electron chi connectivity index (χ0n) is 16.0. The molecule has 0 aliphatic rings. The standard InChI is InChI=1S/C22H24N2O3S/c1-3-20(25)14-24(19-7-5-4-6-8-19)13-18-15-28-21(23-18)16-9-11-17(12-10-16)22(26)27-2/h4-12,15,20,25H,3,13-14H2,1-2H3. The molecule has 0 amide bonds. The molecule has 0 radical (unpaired) electrons. The van der Waals surface area contributed by atoms with Gasteiger partial charge < -0.3 is 14.7 Å². The number of rotatable bonds is 8. The van der Waals surface area contributed by atoms with Crippen molar-refractivity contribution in [3.05, 3.63) is 71.2 Å². The van der Waals surface area contributed by atoms with Gasteiger partial charge in [0.2, 0.25) is 0 Å². The fourth-order valence-corrected chi connectivity index (χ4v) is 3.68. The minimum Gasteiger partial charge on any atom is -0.465 e. The van der Waals surface area contributed by atoms with Gasteiger partial charge in [-0.3, -0.25) is 0 Å². The summed E-state index contributed by atoms with van der Waals surface area (Å²) < 4.78 is 4.73. The Labute approximate surface area is 169 Å². The highest BCUT2D eigenvalue weighted by Crippen LogP contribution is 2.26. The minimum absolute atomic E-state index is 0.348. The van der Waals surface area contributed by atoms with E-state index in [0.717, 1.165) is 22.0 Å². The highest BCUT2D eigenvalue weighted by molar-refractivity contribution is 7.13. The van der Waals surface area contributed by atoms with Crippen LogP contribution in [0.5, 0.6) is 0 Å². The van der Waals surface area contributed by atoms with Gasteiger partial charge in [0, 0.05) is 23.2 Å². The second-order valence-electron chi connectivity index (χ2n) is 6.49. The molecule has 0 saturated carbocycles. The van der Waals surface area contributed by atoms with Crippen LogP contribution in [0.3, 0.4) is 0 Å². The normalized spacial score (nSPS) is 11.8. The van der Waals surface area contributed by atoms with Crippen LogP contribution in [0.2, 0.25) is 0 Å². The van der Waals surface area contributed by atoms with Gasteiger partial charge in [0.15, 0.2) is 0 Å². The summed E-state index contributed by atoms with van der Waals surface area (Å²) in [6.45, 7) is 3.16. The first kappa shape index (κ1) is 20.0. The molecule has 0 aliphatic heterocycles. The Morgan fingerprint density at radius 1 is 1.18 bits per heavy atom. The summed E-state index contributed by atoms with van der Waals surface area (Å²) in [6.07, 6.45) is 0.322. The first-order chi connectivity index (χ1) is 13.6. The van der Waals surface area contributed by atoms with Crippen molar-refractivity contribution in [2.75, 3.05) is 18.6 Å². The van der Waals surface area contributed by atoms with Crippen LogP contribution in [-0.4, -0.2) is 35.8 Å². The summed E-state index contributed by atoms with van der Waals surface area (Å²) in [5.41, 5.74) is 3.49. The number of hydrogen-bond acceptors (Lipinski definition) is 6. The van der Waals surface area contributed by atoms with Gasteiger partial charge in [0.05, 0.1) is 31.0 Å². The number of thiazole rings is 1. The molecule has 2 aromatic carbocycles. The molecule has 3 aromatic rings. The Balaban J connectivity index is 1.77. The first-order valence-corrected chi connectivity index (χ1v) is 10.1. The largest absolute Gasteiger partial charge is 0.465 e. The number of para-hydroxylation sites is 1. The smallest absolute Gasteiger partial charge is 0.337 e. The molecule has 1 atom stereocenters. The van der Waals surface area contributed by atoms with Crippen molar-refractivity contribution in [3.63, 3.8) is 0 Å². The monoisotopic (exact) mass is 396 g/mol. The van der Waals surface area contributed by atoms with Gasteiger partial charge in [-0.15, -0.1) is 11.3 Å². The number of aliphatic hydroxyl groups excluding tert-OH is 1. The Morgan fingerprint density at radius 3 is 2.54 bits per heavy atom. The van der Waals surface area contributed by atoms with E-state index >= 15 is 0 Å². The number of esters is 1. The van der Waals surface area contributed by atoms with E-state index in [1.54, 1.807) is 23.5 Å². The van der Waals surface area contributed by atoms with Gasteiger partial charge in [0.25, 0.3) is 0 Å². The van der Waals surface area contributed by atoms with Crippen molar-refractivity contribution < 1.29 is 14.6 Å². The number of nitrogens with zero attached hydrogens (tertiary/aromatic N) is 2. The number of anilines is 1. The molecular formula is C22H24N2O3S. The van der Waals surface area contributed by atoms with Crippen molar-refractivity contribution in [1.29, 1.82) is 0 Å². The van der Waals surface area contributed by atoms with E-state index in [1.807, 2.05) is 54.8 Å². The highest BCUT2D eigenvalue weighted by Gasteiger charge is 2.14. The van der Waals surface area contributed by atoms with E-state index in [9.17, 15) is 9.90 Å². The van der Waals surface area contributed by atoms with Gasteiger partial charge >= 0.3 is 5.97 Å². The Hall–Kier alpha value is -2.70. The number of carbonyl (C=O) groups is 1. The number of carbonyl (C=O) groups excluding carboxylic acids is 1. The van der Waals surface area contributed by atoms with E-state index in [-0.39, 0.29) is 12.1 Å². The summed E-state index contributed by atoms with van der Waals surface area (Å²) in [4.78, 5) is 18.5. The summed E-state index contributed by atoms with van der Waals surface area (Å²) in [6, 6.07) is 17.3. The summed E-state index contributed by atoms with van der Waals surface area (Å²) in [5, 5.41) is 13.1. The average molecular weight is 397 g/mol. The van der Waals surface area contributed by atoms with Crippen molar-refractivity contribution in [2.24, 2.45) is 0 Å². The number of methoxy groups -OCH3 is 1. The lowest BCUT2D eigenvalue weighted by Crippen LogP contribution is -2.31. The van der Waals surface area contributed by atoms with E-state index in [4.69, 9.17) is 9.72 Å². The fourth-order valence-electron chi connectivity index (χ4n) is 2.86. The molecule has 0 aliphatic carbocycles. The van der Waals surface area contributed by atoms with Crippen molar-refractivity contribution in [2.45, 2.75) is 26.0 Å². The number of aliphatic hydroxyl groups is 1. The summed E-state index contributed by atoms with van der Waals surface area (Å²) in [7, 11) is 1.37. The third-order valence-corrected chi connectivity index (χ3v) is 5.42. The number of aromatic nitrogens is 1. The number of ether oxygens (including phenoxy) is 1. The molecule has 0 saturated heterocycles. The highest BCUT2D eigenvalue weighted by atomic mass is 32.1. The molecular weight excluding hydrogens is 372 g/mol. The molecule has 0 bridgehead atoms. The van der Waals surface area contributed by atoms with Crippen LogP contribution in [0.1, 0.15) is 29.4 Å². The zero-order valence-corrected chi connectivity index (χ0v) is 16.9. The first-order valence-electron chi connectivity index (χ1n) is 9.22. The topological polar surface area (TPSA) is 62.7 Å². The Bertz CT molecular complexity index is 894. The SMILES string of the molecule is CCC(O)CN(Cc1csc(-c2ccc(C(=O)OC)cc2)n1)c1ccccc1. The maximum atomic E-state index is 11.6. The molecule has 1 aromatic heterocycles. The third-order valence-electron chi connectivity index (χ3n) is 4.48. The number of hydrogen-bond donors (Lipinski definition) is 1. The van der Waals surface area contributed by atoms with E-state index in [1.165, 1.54) is 7.11 Å². The lowest BCUT2D eigenvalue weighted by atomic mass is 10.1. The van der Waals surface area contributed by atoms with E-state index < -0.39 is 0 Å². The van der Waals surface area contributed by atoms with Crippen molar-refractivity contribution >= 4 is 23.0 Å². The van der Waals surface area contributed by atoms with Gasteiger partial charge in [-0.1, -0.05) is 37.3 Å². The molecule has 1 unspecified atom stereocenters. The molecule has 28 heavy (non-hydrogen) atoms. The second-order valence-corrected chi connectivity index (χ2v) is 7.35. The predicted octanol–water partition coefficient (Wildman–Crippen LogP) is 4.37. The quantitative estimate of drug-likeness (QED) is 0.573. The summed E-state index contributed by atoms with van der Waals surface area (Å²) >= 11 is 1.57. The lowest BCUT2D eigenvalue weighted by Gasteiger charge is -2.26. The summed E-state index contributed by atoms with van der Waals surface area (Å²) in [5.74, 6) is -0.348. The number of benzene rings is 2.